The average Bonchev–Trinajstić information content (AvgIpc) is 2.61. The Hall–Kier alpha value is -1.14. The number of thioether (sulfide) groups is 1. The van der Waals surface area contributed by atoms with Crippen molar-refractivity contribution in [2.24, 2.45) is 0 Å². The number of aromatic nitrogens is 2. The standard InChI is InChI=1S/C9H8FN3S2/c10-6-2-1-3-7(4-6)14-5-8-9(11)15-13-12-8/h1-4H,5,11H2. The first-order chi connectivity index (χ1) is 7.25. The molecule has 0 aliphatic carbocycles. The third kappa shape index (κ3) is 2.66. The summed E-state index contributed by atoms with van der Waals surface area (Å²) in [5.74, 6) is 0.385. The number of benzene rings is 1. The van der Waals surface area contributed by atoms with E-state index < -0.39 is 0 Å². The topological polar surface area (TPSA) is 51.8 Å². The van der Waals surface area contributed by atoms with Crippen LogP contribution < -0.4 is 5.73 Å². The van der Waals surface area contributed by atoms with Crippen LogP contribution >= 0.6 is 23.3 Å². The minimum Gasteiger partial charge on any atom is -0.388 e. The van der Waals surface area contributed by atoms with Gasteiger partial charge in [0.2, 0.25) is 0 Å². The van der Waals surface area contributed by atoms with Gasteiger partial charge in [-0.1, -0.05) is 10.6 Å². The Bertz CT molecular complexity index is 458. The lowest BCUT2D eigenvalue weighted by atomic mass is 10.4. The van der Waals surface area contributed by atoms with Gasteiger partial charge in [0.05, 0.1) is 0 Å². The SMILES string of the molecule is Nc1snnc1CSc1cccc(F)c1. The van der Waals surface area contributed by atoms with Crippen molar-refractivity contribution in [1.82, 2.24) is 9.59 Å². The second-order valence-corrected chi connectivity index (χ2v) is 4.66. The average molecular weight is 241 g/mol. The fourth-order valence-electron chi connectivity index (χ4n) is 1.02. The van der Waals surface area contributed by atoms with Crippen molar-refractivity contribution in [2.75, 3.05) is 5.73 Å². The third-order valence-electron chi connectivity index (χ3n) is 1.76. The highest BCUT2D eigenvalue weighted by molar-refractivity contribution is 7.98. The molecule has 2 aromatic rings. The van der Waals surface area contributed by atoms with Crippen LogP contribution in [-0.2, 0) is 5.75 Å². The summed E-state index contributed by atoms with van der Waals surface area (Å²) in [6.45, 7) is 0. The molecule has 78 valence electrons. The Kier molecular flexibility index (Phi) is 3.17. The fraction of sp³-hybridized carbons (Fsp3) is 0.111. The van der Waals surface area contributed by atoms with E-state index in [0.29, 0.717) is 10.8 Å². The van der Waals surface area contributed by atoms with Crippen LogP contribution in [-0.4, -0.2) is 9.59 Å². The Morgan fingerprint density at radius 2 is 2.33 bits per heavy atom. The Morgan fingerprint density at radius 1 is 1.47 bits per heavy atom. The molecule has 0 saturated heterocycles. The molecule has 0 bridgehead atoms. The first kappa shape index (κ1) is 10.4. The van der Waals surface area contributed by atoms with Gasteiger partial charge >= 0.3 is 0 Å². The maximum absolute atomic E-state index is 12.8. The summed E-state index contributed by atoms with van der Waals surface area (Å²) in [5.41, 5.74) is 6.40. The van der Waals surface area contributed by atoms with E-state index in [1.54, 1.807) is 6.07 Å². The summed E-state index contributed by atoms with van der Waals surface area (Å²) in [6.07, 6.45) is 0. The molecular formula is C9H8FN3S2. The summed E-state index contributed by atoms with van der Waals surface area (Å²) in [4.78, 5) is 0.863. The molecule has 0 radical (unpaired) electrons. The minimum atomic E-state index is -0.232. The second kappa shape index (κ2) is 4.59. The Labute approximate surface area is 94.7 Å². The fourth-order valence-corrected chi connectivity index (χ4v) is 2.45. The zero-order valence-corrected chi connectivity index (χ0v) is 9.32. The molecular weight excluding hydrogens is 233 g/mol. The van der Waals surface area contributed by atoms with E-state index in [9.17, 15) is 4.39 Å². The maximum atomic E-state index is 12.8. The van der Waals surface area contributed by atoms with Gasteiger partial charge in [0.1, 0.15) is 16.5 Å². The van der Waals surface area contributed by atoms with Crippen molar-refractivity contribution in [2.45, 2.75) is 10.6 Å². The van der Waals surface area contributed by atoms with Gasteiger partial charge in [-0.2, -0.15) is 0 Å². The van der Waals surface area contributed by atoms with Crippen LogP contribution in [0.25, 0.3) is 0 Å². The summed E-state index contributed by atoms with van der Waals surface area (Å²) >= 11 is 2.66. The van der Waals surface area contributed by atoms with Crippen LogP contribution in [0, 0.1) is 5.82 Å². The molecule has 1 heterocycles. The summed E-state index contributed by atoms with van der Waals surface area (Å²) in [5, 5.41) is 4.51. The molecule has 1 aromatic heterocycles. The molecule has 0 aliphatic rings. The van der Waals surface area contributed by atoms with Crippen LogP contribution in [0.2, 0.25) is 0 Å². The highest BCUT2D eigenvalue weighted by Crippen LogP contribution is 2.25. The largest absolute Gasteiger partial charge is 0.388 e. The molecule has 3 nitrogen and oxygen atoms in total. The zero-order chi connectivity index (χ0) is 10.7. The van der Waals surface area contributed by atoms with Crippen molar-refractivity contribution >= 4 is 28.3 Å². The van der Waals surface area contributed by atoms with Gasteiger partial charge in [-0.05, 0) is 18.2 Å². The van der Waals surface area contributed by atoms with Gasteiger partial charge in [0, 0.05) is 22.2 Å². The molecule has 2 N–H and O–H groups in total. The number of anilines is 1. The predicted molar refractivity (Wildman–Crippen MR) is 60.3 cm³/mol. The van der Waals surface area contributed by atoms with Crippen LogP contribution in [0.15, 0.2) is 29.2 Å². The van der Waals surface area contributed by atoms with Gasteiger partial charge in [-0.15, -0.1) is 16.9 Å². The van der Waals surface area contributed by atoms with Crippen molar-refractivity contribution in [3.8, 4) is 0 Å². The minimum absolute atomic E-state index is 0.232. The molecule has 0 fully saturated rings. The van der Waals surface area contributed by atoms with Crippen molar-refractivity contribution in [1.29, 1.82) is 0 Å². The summed E-state index contributed by atoms with van der Waals surface area (Å²) < 4.78 is 16.6. The van der Waals surface area contributed by atoms with E-state index in [4.69, 9.17) is 5.73 Å². The van der Waals surface area contributed by atoms with Gasteiger partial charge in [0.15, 0.2) is 0 Å². The van der Waals surface area contributed by atoms with Crippen LogP contribution in [0.4, 0.5) is 9.39 Å². The van der Waals surface area contributed by atoms with E-state index in [1.807, 2.05) is 6.07 Å². The first-order valence-electron chi connectivity index (χ1n) is 4.21. The Morgan fingerprint density at radius 3 is 3.00 bits per heavy atom. The molecule has 2 rings (SSSR count). The van der Waals surface area contributed by atoms with E-state index >= 15 is 0 Å². The van der Waals surface area contributed by atoms with Crippen LogP contribution in [0.5, 0.6) is 0 Å². The number of hydrogen-bond acceptors (Lipinski definition) is 5. The highest BCUT2D eigenvalue weighted by atomic mass is 32.2. The highest BCUT2D eigenvalue weighted by Gasteiger charge is 2.04. The van der Waals surface area contributed by atoms with Gasteiger partial charge in [-0.25, -0.2) is 4.39 Å². The lowest BCUT2D eigenvalue weighted by Crippen LogP contribution is -1.88. The second-order valence-electron chi connectivity index (χ2n) is 2.83. The number of nitrogen functional groups attached to an aromatic ring is 1. The molecule has 0 unspecified atom stereocenters. The molecule has 6 heteroatoms. The van der Waals surface area contributed by atoms with E-state index in [1.165, 1.54) is 35.4 Å². The van der Waals surface area contributed by atoms with E-state index in [2.05, 4.69) is 9.59 Å². The predicted octanol–water partition coefficient (Wildman–Crippen LogP) is 2.55. The van der Waals surface area contributed by atoms with Crippen LogP contribution in [0.1, 0.15) is 5.69 Å². The molecule has 0 spiro atoms. The monoisotopic (exact) mass is 241 g/mol. The van der Waals surface area contributed by atoms with Gasteiger partial charge in [0.25, 0.3) is 0 Å². The Balaban J connectivity index is 2.02. The van der Waals surface area contributed by atoms with E-state index in [-0.39, 0.29) is 5.82 Å². The first-order valence-corrected chi connectivity index (χ1v) is 5.96. The van der Waals surface area contributed by atoms with Crippen molar-refractivity contribution < 1.29 is 4.39 Å². The van der Waals surface area contributed by atoms with Crippen molar-refractivity contribution in [3.05, 3.63) is 35.8 Å². The number of halogens is 1. The number of rotatable bonds is 3. The maximum Gasteiger partial charge on any atom is 0.131 e. The normalized spacial score (nSPS) is 10.5. The molecule has 15 heavy (non-hydrogen) atoms. The molecule has 0 amide bonds. The zero-order valence-electron chi connectivity index (χ0n) is 7.68. The molecule has 0 saturated carbocycles. The molecule has 0 atom stereocenters. The van der Waals surface area contributed by atoms with E-state index in [0.717, 1.165) is 10.6 Å². The lowest BCUT2D eigenvalue weighted by Gasteiger charge is -1.99. The number of nitrogens with two attached hydrogens (primary N) is 1. The van der Waals surface area contributed by atoms with Crippen LogP contribution in [0.3, 0.4) is 0 Å². The summed E-state index contributed by atoms with van der Waals surface area (Å²) in [6, 6.07) is 6.44. The van der Waals surface area contributed by atoms with Crippen molar-refractivity contribution in [3.63, 3.8) is 0 Å². The molecule has 0 aliphatic heterocycles. The summed E-state index contributed by atoms with van der Waals surface area (Å²) in [7, 11) is 0. The van der Waals surface area contributed by atoms with Gasteiger partial charge in [-0.3, -0.25) is 0 Å². The number of nitrogens with zero attached hydrogens (tertiary/aromatic N) is 2. The van der Waals surface area contributed by atoms with Gasteiger partial charge < -0.3 is 5.73 Å². The molecule has 1 aromatic carbocycles. The number of hydrogen-bond donors (Lipinski definition) is 1. The lowest BCUT2D eigenvalue weighted by molar-refractivity contribution is 0.624. The quantitative estimate of drug-likeness (QED) is 0.839. The smallest absolute Gasteiger partial charge is 0.131 e. The third-order valence-corrected chi connectivity index (χ3v) is 3.36.